The number of fused-ring (bicyclic) bond motifs is 1. The molecule has 1 aliphatic heterocycles. The normalized spacial score (nSPS) is 15.3. The van der Waals surface area contributed by atoms with E-state index in [0.717, 1.165) is 41.9 Å². The number of methoxy groups -OCH3 is 1. The summed E-state index contributed by atoms with van der Waals surface area (Å²) in [6, 6.07) is 9.62. The quantitative estimate of drug-likeness (QED) is 0.804. The largest absolute Gasteiger partial charge is 0.493 e. The molecule has 1 aliphatic rings. The smallest absolute Gasteiger partial charge is 0.339 e. The first-order valence-electron chi connectivity index (χ1n) is 8.79. The summed E-state index contributed by atoms with van der Waals surface area (Å²) < 4.78 is 10.4. The van der Waals surface area contributed by atoms with Gasteiger partial charge in [0.05, 0.1) is 13.7 Å². The van der Waals surface area contributed by atoms with Crippen molar-refractivity contribution in [3.63, 3.8) is 0 Å². The minimum absolute atomic E-state index is 0.448. The Kier molecular flexibility index (Phi) is 5.62. The average Bonchev–Trinajstić information content (AvgIpc) is 2.71. The highest BCUT2D eigenvalue weighted by molar-refractivity contribution is 5.82. The van der Waals surface area contributed by atoms with Gasteiger partial charge in [-0.25, -0.2) is 4.79 Å². The number of ether oxygens (including phenoxy) is 2. The van der Waals surface area contributed by atoms with Gasteiger partial charge in [0.25, 0.3) is 0 Å². The van der Waals surface area contributed by atoms with E-state index in [2.05, 4.69) is 6.58 Å². The van der Waals surface area contributed by atoms with E-state index in [1.165, 1.54) is 13.3 Å². The topological polar surface area (TPSA) is 81.8 Å². The number of aryl methyl sites for hydroxylation is 1. The van der Waals surface area contributed by atoms with Crippen molar-refractivity contribution in [3.8, 4) is 16.9 Å². The van der Waals surface area contributed by atoms with Gasteiger partial charge in [-0.15, -0.1) is 0 Å². The van der Waals surface area contributed by atoms with Gasteiger partial charge >= 0.3 is 5.97 Å². The average molecular weight is 365 g/mol. The van der Waals surface area contributed by atoms with Crippen molar-refractivity contribution in [2.75, 3.05) is 13.7 Å². The van der Waals surface area contributed by atoms with E-state index in [0.29, 0.717) is 16.0 Å². The number of rotatable bonds is 4. The highest BCUT2D eigenvalue weighted by Crippen LogP contribution is 2.32. The lowest BCUT2D eigenvalue weighted by Gasteiger charge is -2.20. The number of aliphatic hydroxyl groups is 1. The number of aliphatic hydroxyl groups excluding tert-OH is 1. The lowest BCUT2D eigenvalue weighted by atomic mass is 9.91. The van der Waals surface area contributed by atoms with Gasteiger partial charge in [0.2, 0.25) is 0 Å². The Morgan fingerprint density at radius 1 is 1.37 bits per heavy atom. The Morgan fingerprint density at radius 2 is 2.19 bits per heavy atom. The van der Waals surface area contributed by atoms with Crippen LogP contribution >= 0.6 is 0 Å². The Balaban J connectivity index is 2.26. The number of nitrogens with two attached hydrogens (primary N) is 1. The van der Waals surface area contributed by atoms with Crippen LogP contribution in [0.3, 0.4) is 0 Å². The Morgan fingerprint density at radius 3 is 2.93 bits per heavy atom. The molecule has 140 valence electrons. The molecule has 0 saturated heterocycles. The van der Waals surface area contributed by atoms with Crippen molar-refractivity contribution >= 4 is 18.6 Å². The molecule has 0 aromatic heterocycles. The van der Waals surface area contributed by atoms with E-state index in [1.807, 2.05) is 30.3 Å². The molecule has 1 unspecified atom stereocenters. The number of esters is 1. The van der Waals surface area contributed by atoms with Gasteiger partial charge < -0.3 is 20.3 Å². The fourth-order valence-electron chi connectivity index (χ4n) is 3.33. The van der Waals surface area contributed by atoms with E-state index >= 15 is 0 Å². The van der Waals surface area contributed by atoms with Gasteiger partial charge in [0, 0.05) is 5.56 Å². The van der Waals surface area contributed by atoms with Crippen molar-refractivity contribution in [2.45, 2.75) is 18.9 Å². The number of hydrogen-bond acceptors (Lipinski definition) is 5. The molecule has 0 amide bonds. The molecule has 5 nitrogen and oxygen atoms in total. The zero-order chi connectivity index (χ0) is 19.4. The van der Waals surface area contributed by atoms with Crippen LogP contribution in [-0.2, 0) is 16.0 Å². The standard InChI is InChI=1S/C22H23NO4/c1-14-7-9-18(15-8-10-19-16(13-15)5-4-12-27-19)20(17(14)6-3-11-23)21(24)22(25)26-2/h3,6-11,13,21,24H,1,4-5,12,23H2,2H3/b11-3-,17-6+. The molecule has 0 aliphatic carbocycles. The molecular weight excluding hydrogens is 342 g/mol. The van der Waals surface area contributed by atoms with Crippen LogP contribution < -0.4 is 20.9 Å². The number of allylic oxidation sites excluding steroid dienone is 1. The molecule has 0 spiro atoms. The predicted molar refractivity (Wildman–Crippen MR) is 105 cm³/mol. The predicted octanol–water partition coefficient (Wildman–Crippen LogP) is 1.55. The maximum atomic E-state index is 12.1. The summed E-state index contributed by atoms with van der Waals surface area (Å²) in [5.41, 5.74) is 8.66. The van der Waals surface area contributed by atoms with Gasteiger partial charge in [-0.3, -0.25) is 0 Å². The van der Waals surface area contributed by atoms with E-state index in [1.54, 1.807) is 12.2 Å². The van der Waals surface area contributed by atoms with Crippen molar-refractivity contribution in [1.82, 2.24) is 0 Å². The fraction of sp³-hybridized carbons (Fsp3) is 0.227. The van der Waals surface area contributed by atoms with Crippen molar-refractivity contribution in [2.24, 2.45) is 5.73 Å². The minimum Gasteiger partial charge on any atom is -0.493 e. The summed E-state index contributed by atoms with van der Waals surface area (Å²) in [6.45, 7) is 4.74. The van der Waals surface area contributed by atoms with Crippen LogP contribution in [0.15, 0.2) is 42.6 Å². The third-order valence-corrected chi connectivity index (χ3v) is 4.67. The molecule has 5 heteroatoms. The van der Waals surface area contributed by atoms with Gasteiger partial charge in [-0.05, 0) is 64.4 Å². The third-order valence-electron chi connectivity index (χ3n) is 4.67. The highest BCUT2D eigenvalue weighted by atomic mass is 16.5. The minimum atomic E-state index is -1.43. The molecule has 27 heavy (non-hydrogen) atoms. The summed E-state index contributed by atoms with van der Waals surface area (Å²) >= 11 is 0. The molecule has 0 radical (unpaired) electrons. The molecular formula is C22H23NO4. The zero-order valence-electron chi connectivity index (χ0n) is 15.3. The fourth-order valence-corrected chi connectivity index (χ4v) is 3.33. The highest BCUT2D eigenvalue weighted by Gasteiger charge is 2.24. The molecule has 2 aromatic carbocycles. The SMILES string of the molecule is C=c1ccc(-c2ccc3c(c2)CCCO3)c(C(O)C(=O)OC)/c1=C/C=C\N. The van der Waals surface area contributed by atoms with Crippen molar-refractivity contribution in [1.29, 1.82) is 0 Å². The van der Waals surface area contributed by atoms with Crippen LogP contribution in [0.25, 0.3) is 23.8 Å². The number of benzene rings is 2. The van der Waals surface area contributed by atoms with E-state index in [9.17, 15) is 9.90 Å². The van der Waals surface area contributed by atoms with Crippen molar-refractivity contribution in [3.05, 3.63) is 64.2 Å². The second-order valence-corrected chi connectivity index (χ2v) is 6.35. The van der Waals surface area contributed by atoms with Gasteiger partial charge in [-0.1, -0.05) is 30.9 Å². The van der Waals surface area contributed by atoms with E-state index < -0.39 is 12.1 Å². The number of hydrogen-bond donors (Lipinski definition) is 2. The lowest BCUT2D eigenvalue weighted by Crippen LogP contribution is -2.32. The van der Waals surface area contributed by atoms with Crippen LogP contribution in [0, 0.1) is 0 Å². The van der Waals surface area contributed by atoms with Crippen molar-refractivity contribution < 1.29 is 19.4 Å². The molecule has 1 heterocycles. The first-order valence-corrected chi connectivity index (χ1v) is 8.79. The molecule has 2 aromatic rings. The molecule has 0 bridgehead atoms. The van der Waals surface area contributed by atoms with E-state index in [-0.39, 0.29) is 0 Å². The second kappa shape index (κ2) is 8.10. The summed E-state index contributed by atoms with van der Waals surface area (Å²) in [6.07, 6.45) is 5.22. The maximum Gasteiger partial charge on any atom is 0.339 e. The number of carbonyl (C=O) groups is 1. The molecule has 3 N–H and O–H groups in total. The monoisotopic (exact) mass is 365 g/mol. The second-order valence-electron chi connectivity index (χ2n) is 6.35. The molecule has 3 rings (SSSR count). The van der Waals surface area contributed by atoms with Crippen LogP contribution in [0.1, 0.15) is 23.7 Å². The lowest BCUT2D eigenvalue weighted by molar-refractivity contribution is -0.150. The van der Waals surface area contributed by atoms with Crippen LogP contribution in [-0.4, -0.2) is 24.8 Å². The van der Waals surface area contributed by atoms with Crippen LogP contribution in [0.2, 0.25) is 0 Å². The summed E-state index contributed by atoms with van der Waals surface area (Å²) in [5, 5.41) is 12.0. The zero-order valence-corrected chi connectivity index (χ0v) is 15.3. The Labute approximate surface area is 158 Å². The molecule has 1 atom stereocenters. The van der Waals surface area contributed by atoms with Gasteiger partial charge in [0.15, 0.2) is 6.10 Å². The summed E-state index contributed by atoms with van der Waals surface area (Å²) in [4.78, 5) is 12.1. The third kappa shape index (κ3) is 3.73. The van der Waals surface area contributed by atoms with Crippen LogP contribution in [0.5, 0.6) is 5.75 Å². The first-order chi connectivity index (χ1) is 13.1. The maximum absolute atomic E-state index is 12.1. The number of carbonyl (C=O) groups excluding carboxylic acids is 1. The molecule has 0 fully saturated rings. The van der Waals surface area contributed by atoms with Gasteiger partial charge in [0.1, 0.15) is 5.75 Å². The van der Waals surface area contributed by atoms with Gasteiger partial charge in [-0.2, -0.15) is 0 Å². The summed E-state index contributed by atoms with van der Waals surface area (Å²) in [5.74, 6) is 0.154. The Bertz CT molecular complexity index is 994. The molecule has 0 saturated carbocycles. The first kappa shape index (κ1) is 18.7. The summed E-state index contributed by atoms with van der Waals surface area (Å²) in [7, 11) is 1.25. The van der Waals surface area contributed by atoms with Crippen LogP contribution in [0.4, 0.5) is 0 Å². The van der Waals surface area contributed by atoms with E-state index in [4.69, 9.17) is 15.2 Å². The Hall–Kier alpha value is -3.05.